The summed E-state index contributed by atoms with van der Waals surface area (Å²) in [4.78, 5) is 9.84. The highest BCUT2D eigenvalue weighted by Gasteiger charge is 2.15. The molecule has 5 nitrogen and oxygen atoms in total. The number of aryl methyl sites for hydroxylation is 1. The Balaban J connectivity index is 1.92. The largest absolute Gasteiger partial charge is 0.389 e. The fourth-order valence-corrected chi connectivity index (χ4v) is 2.90. The number of nitrogens with zero attached hydrogens (tertiary/aromatic N) is 3. The molecular weight excluding hydrogens is 284 g/mol. The monoisotopic (exact) mass is 302 g/mol. The summed E-state index contributed by atoms with van der Waals surface area (Å²) in [6.07, 6.45) is 5.64. The highest BCUT2D eigenvalue weighted by atomic mass is 32.1. The number of aromatic nitrogens is 3. The summed E-state index contributed by atoms with van der Waals surface area (Å²) >= 11 is 1.60. The fraction of sp³-hybridized carbons (Fsp3) is 0.333. The van der Waals surface area contributed by atoms with Gasteiger partial charge in [-0.05, 0) is 26.8 Å². The number of hydrogen-bond donors (Lipinski definition) is 2. The van der Waals surface area contributed by atoms with Crippen LogP contribution >= 0.6 is 11.3 Å². The number of anilines is 2. The Morgan fingerprint density at radius 3 is 2.81 bits per heavy atom. The van der Waals surface area contributed by atoms with E-state index in [0.717, 1.165) is 26.7 Å². The predicted octanol–water partition coefficient (Wildman–Crippen LogP) is 3.32. The summed E-state index contributed by atoms with van der Waals surface area (Å²) in [6.45, 7) is 6.17. The van der Waals surface area contributed by atoms with Crippen LogP contribution in [0.4, 0.5) is 10.9 Å². The highest BCUT2D eigenvalue weighted by Crippen LogP contribution is 2.24. The van der Waals surface area contributed by atoms with E-state index in [0.29, 0.717) is 6.54 Å². The van der Waals surface area contributed by atoms with E-state index in [1.807, 2.05) is 42.2 Å². The average molecular weight is 302 g/mol. The molecule has 0 aromatic carbocycles. The van der Waals surface area contributed by atoms with Crippen molar-refractivity contribution >= 4 is 33.2 Å². The molecule has 0 unspecified atom stereocenters. The van der Waals surface area contributed by atoms with Crippen LogP contribution in [0, 0.1) is 6.92 Å². The van der Waals surface area contributed by atoms with Gasteiger partial charge in [-0.2, -0.15) is 0 Å². The van der Waals surface area contributed by atoms with Crippen LogP contribution in [0.3, 0.4) is 0 Å². The van der Waals surface area contributed by atoms with Crippen LogP contribution in [0.1, 0.15) is 18.7 Å². The number of thiazole rings is 1. The van der Waals surface area contributed by atoms with Gasteiger partial charge < -0.3 is 15.0 Å². The summed E-state index contributed by atoms with van der Waals surface area (Å²) < 4.78 is 2.04. The van der Waals surface area contributed by atoms with Gasteiger partial charge in [0.1, 0.15) is 5.82 Å². The van der Waals surface area contributed by atoms with Gasteiger partial charge in [0.05, 0.1) is 17.7 Å². The molecule has 0 radical (unpaired) electrons. The van der Waals surface area contributed by atoms with E-state index in [1.54, 1.807) is 25.2 Å². The lowest BCUT2D eigenvalue weighted by Crippen LogP contribution is -2.25. The minimum absolute atomic E-state index is 0.538. The Kier molecular flexibility index (Phi) is 3.43. The van der Waals surface area contributed by atoms with Crippen LogP contribution in [-0.2, 0) is 6.54 Å². The second-order valence-corrected chi connectivity index (χ2v) is 7.02. The lowest BCUT2D eigenvalue weighted by molar-refractivity contribution is 0.0628. The molecule has 0 saturated carbocycles. The summed E-state index contributed by atoms with van der Waals surface area (Å²) in [7, 11) is 0. The number of fused-ring (bicyclic) bond motifs is 1. The first-order valence-corrected chi connectivity index (χ1v) is 7.59. The third-order valence-electron chi connectivity index (χ3n) is 3.07. The van der Waals surface area contributed by atoms with Crippen molar-refractivity contribution in [2.24, 2.45) is 0 Å². The number of rotatable bonds is 4. The van der Waals surface area contributed by atoms with Crippen molar-refractivity contribution in [3.63, 3.8) is 0 Å². The molecule has 2 N–H and O–H groups in total. The zero-order valence-electron chi connectivity index (χ0n) is 12.3. The Hall–Kier alpha value is -1.92. The lowest BCUT2D eigenvalue weighted by Gasteiger charge is -2.18. The molecule has 0 atom stereocenters. The van der Waals surface area contributed by atoms with Crippen molar-refractivity contribution in [1.82, 2.24) is 14.5 Å². The summed E-state index contributed by atoms with van der Waals surface area (Å²) in [5.41, 5.74) is 0.290. The normalized spacial score (nSPS) is 12.0. The smallest absolute Gasteiger partial charge is 0.188 e. The van der Waals surface area contributed by atoms with Crippen LogP contribution < -0.4 is 5.32 Å². The number of nitrogens with one attached hydrogen (secondary N) is 1. The van der Waals surface area contributed by atoms with Crippen molar-refractivity contribution in [2.75, 3.05) is 5.32 Å². The molecule has 0 amide bonds. The van der Waals surface area contributed by atoms with Gasteiger partial charge in [-0.3, -0.25) is 0 Å². The maximum atomic E-state index is 10.00. The Morgan fingerprint density at radius 2 is 2.14 bits per heavy atom. The molecule has 3 aromatic heterocycles. The first-order chi connectivity index (χ1) is 9.90. The number of pyridine rings is 1. The third-order valence-corrected chi connectivity index (χ3v) is 3.90. The molecule has 0 aliphatic heterocycles. The average Bonchev–Trinajstić information content (AvgIpc) is 2.95. The zero-order chi connectivity index (χ0) is 15.0. The van der Waals surface area contributed by atoms with Crippen molar-refractivity contribution < 1.29 is 5.11 Å². The van der Waals surface area contributed by atoms with Gasteiger partial charge in [0.2, 0.25) is 0 Å². The van der Waals surface area contributed by atoms with Crippen LogP contribution in [0.2, 0.25) is 0 Å². The first-order valence-electron chi connectivity index (χ1n) is 6.77. The molecule has 110 valence electrons. The van der Waals surface area contributed by atoms with Crippen LogP contribution in [0.25, 0.3) is 10.9 Å². The summed E-state index contributed by atoms with van der Waals surface area (Å²) in [6, 6.07) is 3.99. The van der Waals surface area contributed by atoms with E-state index in [9.17, 15) is 5.11 Å². The molecular formula is C15H18N4OS. The molecule has 0 aliphatic carbocycles. The van der Waals surface area contributed by atoms with Crippen molar-refractivity contribution in [2.45, 2.75) is 32.9 Å². The molecule has 21 heavy (non-hydrogen) atoms. The molecule has 3 rings (SSSR count). The zero-order valence-corrected chi connectivity index (χ0v) is 13.1. The van der Waals surface area contributed by atoms with Gasteiger partial charge in [0.15, 0.2) is 5.13 Å². The molecule has 0 bridgehead atoms. The number of hydrogen-bond acceptors (Lipinski definition) is 5. The van der Waals surface area contributed by atoms with Gasteiger partial charge in [-0.1, -0.05) is 0 Å². The second kappa shape index (κ2) is 5.13. The summed E-state index contributed by atoms with van der Waals surface area (Å²) in [5, 5.41) is 15.1. The Labute approximate surface area is 127 Å². The van der Waals surface area contributed by atoms with E-state index in [2.05, 4.69) is 15.3 Å². The van der Waals surface area contributed by atoms with E-state index >= 15 is 0 Å². The minimum Gasteiger partial charge on any atom is -0.389 e. The topological polar surface area (TPSA) is 63.0 Å². The maximum Gasteiger partial charge on any atom is 0.188 e. The van der Waals surface area contributed by atoms with Crippen LogP contribution in [0.5, 0.6) is 0 Å². The lowest BCUT2D eigenvalue weighted by atomic mass is 10.1. The molecule has 3 aromatic rings. The Morgan fingerprint density at radius 1 is 1.33 bits per heavy atom. The third kappa shape index (κ3) is 3.22. The quantitative estimate of drug-likeness (QED) is 0.776. The van der Waals surface area contributed by atoms with E-state index < -0.39 is 5.60 Å². The van der Waals surface area contributed by atoms with E-state index in [-0.39, 0.29) is 0 Å². The van der Waals surface area contributed by atoms with Gasteiger partial charge in [0.25, 0.3) is 0 Å². The van der Waals surface area contributed by atoms with Crippen molar-refractivity contribution in [3.05, 3.63) is 35.6 Å². The van der Waals surface area contributed by atoms with Gasteiger partial charge in [-0.15, -0.1) is 11.3 Å². The molecule has 6 heteroatoms. The summed E-state index contributed by atoms with van der Waals surface area (Å²) in [5.74, 6) is 0.757. The first kappa shape index (κ1) is 14.0. The second-order valence-electron chi connectivity index (χ2n) is 5.79. The van der Waals surface area contributed by atoms with Crippen molar-refractivity contribution in [1.29, 1.82) is 0 Å². The van der Waals surface area contributed by atoms with Gasteiger partial charge >= 0.3 is 0 Å². The molecule has 0 aliphatic rings. The molecule has 0 fully saturated rings. The minimum atomic E-state index is -0.755. The fourth-order valence-electron chi connectivity index (χ4n) is 2.23. The SMILES string of the molecule is Cc1cnc(Nc2cc3c(ccn3CC(C)(C)O)cn2)s1. The maximum absolute atomic E-state index is 10.00. The molecule has 0 spiro atoms. The van der Waals surface area contributed by atoms with Gasteiger partial charge in [0, 0.05) is 34.9 Å². The van der Waals surface area contributed by atoms with E-state index in [1.165, 1.54) is 0 Å². The van der Waals surface area contributed by atoms with E-state index in [4.69, 9.17) is 0 Å². The van der Waals surface area contributed by atoms with Crippen LogP contribution in [0.15, 0.2) is 30.7 Å². The van der Waals surface area contributed by atoms with Gasteiger partial charge in [-0.25, -0.2) is 9.97 Å². The van der Waals surface area contributed by atoms with Crippen molar-refractivity contribution in [3.8, 4) is 0 Å². The molecule has 0 saturated heterocycles. The van der Waals surface area contributed by atoms with Crippen LogP contribution in [-0.4, -0.2) is 25.2 Å². The highest BCUT2D eigenvalue weighted by molar-refractivity contribution is 7.15. The Bertz CT molecular complexity index is 769. The predicted molar refractivity (Wildman–Crippen MR) is 86.2 cm³/mol. The molecule has 3 heterocycles. The number of aliphatic hydroxyl groups is 1. The standard InChI is InChI=1S/C15H18N4OS/c1-10-7-17-14(21-10)18-13-6-12-11(8-16-13)4-5-19(12)9-15(2,3)20/h4-8,20H,9H2,1-3H3,(H,16,17,18).